The number of thiophene rings is 1. The lowest BCUT2D eigenvalue weighted by Crippen LogP contribution is -2.39. The van der Waals surface area contributed by atoms with Gasteiger partial charge in [0.2, 0.25) is 0 Å². The van der Waals surface area contributed by atoms with Crippen molar-refractivity contribution in [1.29, 1.82) is 0 Å². The summed E-state index contributed by atoms with van der Waals surface area (Å²) >= 11 is 1.72. The fraction of sp³-hybridized carbons (Fsp3) is 0.762. The molecule has 1 atom stereocenters. The molecule has 1 aromatic rings. The Labute approximate surface area is 161 Å². The Morgan fingerprint density at radius 2 is 2.00 bits per heavy atom. The van der Waals surface area contributed by atoms with Crippen molar-refractivity contribution in [2.24, 2.45) is 0 Å². The lowest BCUT2D eigenvalue weighted by atomic mass is 10.0. The molecule has 1 amide bonds. The molecule has 26 heavy (non-hydrogen) atoms. The zero-order chi connectivity index (χ0) is 17.9. The highest BCUT2D eigenvalue weighted by atomic mass is 32.1. The number of carbonyl (C=O) groups excluding carboxylic acids is 1. The molecule has 3 aliphatic rings. The summed E-state index contributed by atoms with van der Waals surface area (Å²) in [6.07, 6.45) is 10.6. The van der Waals surface area contributed by atoms with Crippen LogP contribution in [0.5, 0.6) is 0 Å². The molecule has 144 valence electrons. The van der Waals surface area contributed by atoms with E-state index in [0.29, 0.717) is 6.04 Å². The maximum atomic E-state index is 12.5. The Kier molecular flexibility index (Phi) is 5.97. The van der Waals surface area contributed by atoms with Gasteiger partial charge in [-0.1, -0.05) is 19.3 Å². The van der Waals surface area contributed by atoms with Crippen molar-refractivity contribution in [3.63, 3.8) is 0 Å². The third-order valence-electron chi connectivity index (χ3n) is 6.53. The number of amides is 1. The molecular formula is C21H33N3OS. The number of hydrogen-bond donors (Lipinski definition) is 1. The predicted octanol–water partition coefficient (Wildman–Crippen LogP) is 4.00. The van der Waals surface area contributed by atoms with E-state index in [1.807, 2.05) is 0 Å². The Morgan fingerprint density at radius 1 is 1.19 bits per heavy atom. The van der Waals surface area contributed by atoms with Gasteiger partial charge in [-0.3, -0.25) is 9.69 Å². The summed E-state index contributed by atoms with van der Waals surface area (Å²) in [5, 5.41) is 3.14. The van der Waals surface area contributed by atoms with Gasteiger partial charge >= 0.3 is 0 Å². The van der Waals surface area contributed by atoms with Gasteiger partial charge in [-0.15, -0.1) is 11.3 Å². The monoisotopic (exact) mass is 375 g/mol. The molecule has 0 spiro atoms. The van der Waals surface area contributed by atoms with Crippen molar-refractivity contribution in [2.75, 3.05) is 19.6 Å². The second-order valence-corrected chi connectivity index (χ2v) is 9.53. The first-order chi connectivity index (χ1) is 12.7. The summed E-state index contributed by atoms with van der Waals surface area (Å²) in [5.41, 5.74) is 1.40. The van der Waals surface area contributed by atoms with Crippen LogP contribution in [0.25, 0.3) is 0 Å². The summed E-state index contributed by atoms with van der Waals surface area (Å²) in [5.74, 6) is 0.128. The SMILES string of the molecule is C[C@@H]1CCCCN1CCCNC(=O)c1cc2c(s1)CN(C1CCCC1)C2. The van der Waals surface area contributed by atoms with Crippen LogP contribution in [-0.2, 0) is 13.1 Å². The van der Waals surface area contributed by atoms with E-state index in [1.54, 1.807) is 11.3 Å². The van der Waals surface area contributed by atoms with Gasteiger partial charge in [0.1, 0.15) is 0 Å². The summed E-state index contributed by atoms with van der Waals surface area (Å²) < 4.78 is 0. The van der Waals surface area contributed by atoms with E-state index in [9.17, 15) is 4.79 Å². The van der Waals surface area contributed by atoms with Crippen molar-refractivity contribution in [3.05, 3.63) is 21.4 Å². The number of nitrogens with one attached hydrogen (secondary N) is 1. The van der Waals surface area contributed by atoms with Gasteiger partial charge in [0.25, 0.3) is 5.91 Å². The lowest BCUT2D eigenvalue weighted by Gasteiger charge is -2.33. The molecule has 2 aliphatic heterocycles. The molecule has 4 nitrogen and oxygen atoms in total. The number of nitrogens with zero attached hydrogens (tertiary/aromatic N) is 2. The molecule has 1 saturated carbocycles. The fourth-order valence-corrected chi connectivity index (χ4v) is 6.01. The molecule has 0 bridgehead atoms. The number of rotatable bonds is 6. The smallest absolute Gasteiger partial charge is 0.261 e. The summed E-state index contributed by atoms with van der Waals surface area (Å²) in [7, 11) is 0. The highest BCUT2D eigenvalue weighted by molar-refractivity contribution is 7.14. The van der Waals surface area contributed by atoms with Gasteiger partial charge in [-0.05, 0) is 57.2 Å². The van der Waals surface area contributed by atoms with Crippen molar-refractivity contribution in [2.45, 2.75) is 83.5 Å². The maximum absolute atomic E-state index is 12.5. The third-order valence-corrected chi connectivity index (χ3v) is 7.69. The maximum Gasteiger partial charge on any atom is 0.261 e. The van der Waals surface area contributed by atoms with E-state index in [2.05, 4.69) is 28.1 Å². The normalized spacial score (nSPS) is 24.9. The third kappa shape index (κ3) is 4.15. The molecule has 3 heterocycles. The lowest BCUT2D eigenvalue weighted by molar-refractivity contribution is 0.0952. The number of piperidine rings is 1. The number of fused-ring (bicyclic) bond motifs is 1. The van der Waals surface area contributed by atoms with Crippen molar-refractivity contribution in [1.82, 2.24) is 15.1 Å². The van der Waals surface area contributed by atoms with Crippen LogP contribution in [0, 0.1) is 0 Å². The molecule has 1 aromatic heterocycles. The number of carbonyl (C=O) groups is 1. The van der Waals surface area contributed by atoms with Gasteiger partial charge in [0, 0.05) is 43.1 Å². The molecular weight excluding hydrogens is 342 g/mol. The van der Waals surface area contributed by atoms with Gasteiger partial charge in [0.15, 0.2) is 0 Å². The topological polar surface area (TPSA) is 35.6 Å². The standard InChI is InChI=1S/C21H33N3OS/c1-16-7-4-5-11-23(16)12-6-10-22-21(25)19-13-17-14-24(15-20(17)26-19)18-8-2-3-9-18/h13,16,18H,2-12,14-15H2,1H3,(H,22,25)/t16-/m1/s1. The van der Waals surface area contributed by atoms with E-state index in [-0.39, 0.29) is 5.91 Å². The van der Waals surface area contributed by atoms with Crippen LogP contribution < -0.4 is 5.32 Å². The van der Waals surface area contributed by atoms with E-state index in [0.717, 1.165) is 43.5 Å². The average Bonchev–Trinajstić information content (AvgIpc) is 3.34. The van der Waals surface area contributed by atoms with Gasteiger partial charge in [-0.25, -0.2) is 0 Å². The summed E-state index contributed by atoms with van der Waals surface area (Å²) in [6, 6.07) is 3.64. The highest BCUT2D eigenvalue weighted by Gasteiger charge is 2.30. The molecule has 4 rings (SSSR count). The molecule has 1 N–H and O–H groups in total. The highest BCUT2D eigenvalue weighted by Crippen LogP contribution is 2.35. The molecule has 0 unspecified atom stereocenters. The van der Waals surface area contributed by atoms with Gasteiger partial charge in [-0.2, -0.15) is 0 Å². The molecule has 2 fully saturated rings. The Hall–Kier alpha value is -0.910. The van der Waals surface area contributed by atoms with Crippen LogP contribution in [-0.4, -0.2) is 47.4 Å². The van der Waals surface area contributed by atoms with Crippen molar-refractivity contribution >= 4 is 17.2 Å². The Balaban J connectivity index is 1.21. The largest absolute Gasteiger partial charge is 0.351 e. The van der Waals surface area contributed by atoms with E-state index < -0.39 is 0 Å². The van der Waals surface area contributed by atoms with E-state index in [4.69, 9.17) is 0 Å². The molecule has 1 aliphatic carbocycles. The number of hydrogen-bond acceptors (Lipinski definition) is 4. The minimum Gasteiger partial charge on any atom is -0.351 e. The zero-order valence-electron chi connectivity index (χ0n) is 16.1. The quantitative estimate of drug-likeness (QED) is 0.764. The molecule has 0 aromatic carbocycles. The van der Waals surface area contributed by atoms with E-state index in [1.165, 1.54) is 61.9 Å². The fourth-order valence-electron chi connectivity index (χ4n) is 4.89. The molecule has 1 saturated heterocycles. The van der Waals surface area contributed by atoms with Crippen LogP contribution in [0.1, 0.15) is 78.4 Å². The molecule has 0 radical (unpaired) electrons. The summed E-state index contributed by atoms with van der Waals surface area (Å²) in [6.45, 7) is 7.57. The van der Waals surface area contributed by atoms with Gasteiger partial charge < -0.3 is 10.2 Å². The Morgan fingerprint density at radius 3 is 2.77 bits per heavy atom. The zero-order valence-corrected chi connectivity index (χ0v) is 17.0. The Bertz CT molecular complexity index is 599. The first-order valence-electron chi connectivity index (χ1n) is 10.6. The van der Waals surface area contributed by atoms with Crippen molar-refractivity contribution < 1.29 is 4.79 Å². The van der Waals surface area contributed by atoms with Gasteiger partial charge in [0.05, 0.1) is 4.88 Å². The average molecular weight is 376 g/mol. The summed E-state index contributed by atoms with van der Waals surface area (Å²) in [4.78, 5) is 20.0. The predicted molar refractivity (Wildman–Crippen MR) is 108 cm³/mol. The minimum atomic E-state index is 0.128. The number of likely N-dealkylation sites (tertiary alicyclic amines) is 1. The van der Waals surface area contributed by atoms with Crippen LogP contribution >= 0.6 is 11.3 Å². The first-order valence-corrected chi connectivity index (χ1v) is 11.4. The van der Waals surface area contributed by atoms with Crippen LogP contribution in [0.15, 0.2) is 6.07 Å². The first kappa shape index (κ1) is 18.5. The molecule has 5 heteroatoms. The van der Waals surface area contributed by atoms with Crippen LogP contribution in [0.3, 0.4) is 0 Å². The second kappa shape index (κ2) is 8.41. The van der Waals surface area contributed by atoms with Crippen molar-refractivity contribution in [3.8, 4) is 0 Å². The second-order valence-electron chi connectivity index (χ2n) is 8.39. The van der Waals surface area contributed by atoms with Crippen LogP contribution in [0.2, 0.25) is 0 Å². The van der Waals surface area contributed by atoms with E-state index >= 15 is 0 Å². The van der Waals surface area contributed by atoms with Crippen LogP contribution in [0.4, 0.5) is 0 Å². The minimum absolute atomic E-state index is 0.128.